The summed E-state index contributed by atoms with van der Waals surface area (Å²) in [6.45, 7) is 1.31. The topological polar surface area (TPSA) is 60.7 Å². The molecule has 1 amide bonds. The van der Waals surface area contributed by atoms with Gasteiger partial charge in [0.05, 0.1) is 12.6 Å². The van der Waals surface area contributed by atoms with E-state index >= 15 is 0 Å². The molecule has 0 aliphatic rings. The lowest BCUT2D eigenvalue weighted by Crippen LogP contribution is -2.26. The zero-order chi connectivity index (χ0) is 19.4. The highest BCUT2D eigenvalue weighted by molar-refractivity contribution is 5.94. The summed E-state index contributed by atoms with van der Waals surface area (Å²) < 4.78 is 40.1. The highest BCUT2D eigenvalue weighted by atomic mass is 19.3. The van der Waals surface area contributed by atoms with Crippen LogP contribution in [0.1, 0.15) is 36.0 Å². The van der Waals surface area contributed by atoms with E-state index in [1.54, 1.807) is 6.92 Å². The Morgan fingerprint density at radius 2 is 1.93 bits per heavy atom. The number of alkyl halides is 2. The molecule has 3 aromatic rings. The molecule has 0 bridgehead atoms. The molecule has 1 N–H and O–H groups in total. The molecule has 7 heteroatoms. The first-order valence-corrected chi connectivity index (χ1v) is 8.49. The first kappa shape index (κ1) is 18.7. The maximum absolute atomic E-state index is 12.4. The standard InChI is InChI=1S/C20H19F2NO4/c1-3-25-16-6-4-5-14-11-17(27-18(14)16)12(2)23-19(24)13-7-9-15(10-8-13)26-20(21)22/h4-12,20H,3H2,1-2H3,(H,23,24). The van der Waals surface area contributed by atoms with E-state index in [1.165, 1.54) is 24.3 Å². The molecular formula is C20H19F2NO4. The van der Waals surface area contributed by atoms with E-state index in [9.17, 15) is 13.6 Å². The van der Waals surface area contributed by atoms with Gasteiger partial charge < -0.3 is 19.2 Å². The van der Waals surface area contributed by atoms with Crippen LogP contribution in [-0.2, 0) is 0 Å². The molecule has 1 unspecified atom stereocenters. The van der Waals surface area contributed by atoms with Crippen molar-refractivity contribution >= 4 is 16.9 Å². The van der Waals surface area contributed by atoms with Crippen molar-refractivity contribution in [3.05, 3.63) is 59.9 Å². The lowest BCUT2D eigenvalue weighted by molar-refractivity contribution is -0.0498. The Morgan fingerprint density at radius 1 is 1.19 bits per heavy atom. The van der Waals surface area contributed by atoms with Gasteiger partial charge in [-0.1, -0.05) is 12.1 Å². The SMILES string of the molecule is CCOc1cccc2cc(C(C)NC(=O)c3ccc(OC(F)F)cc3)oc12. The number of carbonyl (C=O) groups is 1. The van der Waals surface area contributed by atoms with Gasteiger partial charge in [0, 0.05) is 10.9 Å². The summed E-state index contributed by atoms with van der Waals surface area (Å²) in [5, 5.41) is 3.70. The number of hydrogen-bond donors (Lipinski definition) is 1. The van der Waals surface area contributed by atoms with E-state index in [1.807, 2.05) is 31.2 Å². The molecule has 0 saturated heterocycles. The second kappa shape index (κ2) is 8.07. The van der Waals surface area contributed by atoms with Crippen LogP contribution in [0, 0.1) is 0 Å². The van der Waals surface area contributed by atoms with Gasteiger partial charge in [0.15, 0.2) is 11.3 Å². The quantitative estimate of drug-likeness (QED) is 0.636. The third kappa shape index (κ3) is 4.36. The molecule has 0 aliphatic heterocycles. The fourth-order valence-electron chi connectivity index (χ4n) is 2.68. The number of benzene rings is 2. The van der Waals surface area contributed by atoms with Crippen LogP contribution in [0.2, 0.25) is 0 Å². The summed E-state index contributed by atoms with van der Waals surface area (Å²) in [6, 6.07) is 12.5. The molecule has 0 aliphatic carbocycles. The molecule has 2 aromatic carbocycles. The van der Waals surface area contributed by atoms with Crippen LogP contribution in [0.15, 0.2) is 52.9 Å². The van der Waals surface area contributed by atoms with Crippen LogP contribution < -0.4 is 14.8 Å². The lowest BCUT2D eigenvalue weighted by atomic mass is 10.1. The summed E-state index contributed by atoms with van der Waals surface area (Å²) >= 11 is 0. The fraction of sp³-hybridized carbons (Fsp3) is 0.250. The molecule has 0 saturated carbocycles. The summed E-state index contributed by atoms with van der Waals surface area (Å²) in [5.74, 6) is 0.879. The summed E-state index contributed by atoms with van der Waals surface area (Å²) in [7, 11) is 0. The van der Waals surface area contributed by atoms with Crippen molar-refractivity contribution in [2.45, 2.75) is 26.5 Å². The van der Waals surface area contributed by atoms with Crippen LogP contribution >= 0.6 is 0 Å². The fourth-order valence-corrected chi connectivity index (χ4v) is 2.68. The molecule has 0 spiro atoms. The van der Waals surface area contributed by atoms with Crippen molar-refractivity contribution in [3.8, 4) is 11.5 Å². The molecule has 5 nitrogen and oxygen atoms in total. The van der Waals surface area contributed by atoms with Crippen LogP contribution in [0.3, 0.4) is 0 Å². The average molecular weight is 375 g/mol. The second-order valence-electron chi connectivity index (χ2n) is 5.85. The third-order valence-corrected chi connectivity index (χ3v) is 3.94. The molecule has 142 valence electrons. The van der Waals surface area contributed by atoms with E-state index in [0.717, 1.165) is 5.39 Å². The van der Waals surface area contributed by atoms with Gasteiger partial charge in [-0.05, 0) is 50.2 Å². The van der Waals surface area contributed by atoms with Gasteiger partial charge in [-0.15, -0.1) is 0 Å². The second-order valence-corrected chi connectivity index (χ2v) is 5.85. The van der Waals surface area contributed by atoms with E-state index in [0.29, 0.717) is 29.3 Å². The van der Waals surface area contributed by atoms with Crippen molar-refractivity contribution in [2.24, 2.45) is 0 Å². The van der Waals surface area contributed by atoms with Crippen LogP contribution in [0.5, 0.6) is 11.5 Å². The number of halogens is 2. The number of amides is 1. The maximum Gasteiger partial charge on any atom is 0.387 e. The molecule has 0 radical (unpaired) electrons. The minimum atomic E-state index is -2.90. The van der Waals surface area contributed by atoms with Crippen molar-refractivity contribution in [2.75, 3.05) is 6.61 Å². The molecule has 27 heavy (non-hydrogen) atoms. The summed E-state index contributed by atoms with van der Waals surface area (Å²) in [6.07, 6.45) is 0. The number of hydrogen-bond acceptors (Lipinski definition) is 4. The van der Waals surface area contributed by atoms with Crippen LogP contribution in [-0.4, -0.2) is 19.1 Å². The number of nitrogens with one attached hydrogen (secondary N) is 1. The number of fused-ring (bicyclic) bond motifs is 1. The Hall–Kier alpha value is -3.09. The number of ether oxygens (including phenoxy) is 2. The predicted molar refractivity (Wildman–Crippen MR) is 96.3 cm³/mol. The predicted octanol–water partition coefficient (Wildman–Crippen LogP) is 4.92. The monoisotopic (exact) mass is 375 g/mol. The number of carbonyl (C=O) groups excluding carboxylic acids is 1. The van der Waals surface area contributed by atoms with E-state index in [2.05, 4.69) is 10.1 Å². The van der Waals surface area contributed by atoms with Gasteiger partial charge in [0.2, 0.25) is 0 Å². The van der Waals surface area contributed by atoms with E-state index in [-0.39, 0.29) is 11.7 Å². The van der Waals surface area contributed by atoms with Gasteiger partial charge in [-0.2, -0.15) is 8.78 Å². The molecule has 1 aromatic heterocycles. The van der Waals surface area contributed by atoms with E-state index < -0.39 is 12.7 Å². The Bertz CT molecular complexity index is 921. The maximum atomic E-state index is 12.4. The minimum absolute atomic E-state index is 0.00432. The Morgan fingerprint density at radius 3 is 2.59 bits per heavy atom. The zero-order valence-electron chi connectivity index (χ0n) is 14.9. The van der Waals surface area contributed by atoms with Gasteiger partial charge in [-0.25, -0.2) is 0 Å². The average Bonchev–Trinajstić information content (AvgIpc) is 3.07. The Labute approximate surface area is 154 Å². The largest absolute Gasteiger partial charge is 0.490 e. The first-order chi connectivity index (χ1) is 13.0. The van der Waals surface area contributed by atoms with Gasteiger partial charge >= 0.3 is 6.61 Å². The Kier molecular flexibility index (Phi) is 5.59. The van der Waals surface area contributed by atoms with Gasteiger partial charge in [0.1, 0.15) is 11.5 Å². The van der Waals surface area contributed by atoms with Gasteiger partial charge in [0.25, 0.3) is 5.91 Å². The molecule has 1 atom stereocenters. The van der Waals surface area contributed by atoms with E-state index in [4.69, 9.17) is 9.15 Å². The normalized spacial score (nSPS) is 12.2. The highest BCUT2D eigenvalue weighted by Crippen LogP contribution is 2.31. The van der Waals surface area contributed by atoms with Crippen molar-refractivity contribution < 1.29 is 27.5 Å². The van der Waals surface area contributed by atoms with Crippen LogP contribution in [0.4, 0.5) is 8.78 Å². The summed E-state index contributed by atoms with van der Waals surface area (Å²) in [4.78, 5) is 12.4. The molecule has 3 rings (SSSR count). The zero-order valence-corrected chi connectivity index (χ0v) is 14.9. The van der Waals surface area contributed by atoms with Crippen LogP contribution in [0.25, 0.3) is 11.0 Å². The number of para-hydroxylation sites is 1. The third-order valence-electron chi connectivity index (χ3n) is 3.94. The Balaban J connectivity index is 1.72. The molecule has 1 heterocycles. The molecule has 0 fully saturated rings. The summed E-state index contributed by atoms with van der Waals surface area (Å²) in [5.41, 5.74) is 0.957. The highest BCUT2D eigenvalue weighted by Gasteiger charge is 2.17. The minimum Gasteiger partial charge on any atom is -0.490 e. The number of rotatable bonds is 7. The van der Waals surface area contributed by atoms with Crippen molar-refractivity contribution in [1.29, 1.82) is 0 Å². The first-order valence-electron chi connectivity index (χ1n) is 8.49. The van der Waals surface area contributed by atoms with Crippen molar-refractivity contribution in [1.82, 2.24) is 5.32 Å². The van der Waals surface area contributed by atoms with Crippen molar-refractivity contribution in [3.63, 3.8) is 0 Å². The van der Waals surface area contributed by atoms with Gasteiger partial charge in [-0.3, -0.25) is 4.79 Å². The number of furan rings is 1. The smallest absolute Gasteiger partial charge is 0.387 e. The lowest BCUT2D eigenvalue weighted by Gasteiger charge is -2.12. The molecular weight excluding hydrogens is 356 g/mol.